The summed E-state index contributed by atoms with van der Waals surface area (Å²) in [5.74, 6) is 1.67. The highest BCUT2D eigenvalue weighted by molar-refractivity contribution is 5.50. The largest absolute Gasteiger partial charge is 0.504 e. The van der Waals surface area contributed by atoms with E-state index in [4.69, 9.17) is 14.6 Å². The number of unbranched alkanes of at least 4 members (excludes halogenated alkanes) is 3. The molecule has 0 bridgehead atoms. The lowest BCUT2D eigenvalue weighted by Gasteiger charge is -2.15. The van der Waals surface area contributed by atoms with E-state index >= 15 is 0 Å². The van der Waals surface area contributed by atoms with E-state index < -0.39 is 0 Å². The van der Waals surface area contributed by atoms with E-state index in [0.717, 1.165) is 24.8 Å². The molecule has 0 fully saturated rings. The van der Waals surface area contributed by atoms with Gasteiger partial charge in [-0.25, -0.2) is 0 Å². The molecule has 0 radical (unpaired) electrons. The van der Waals surface area contributed by atoms with Crippen LogP contribution in [0.2, 0.25) is 0 Å². The average Bonchev–Trinajstić information content (AvgIpc) is 2.86. The first kappa shape index (κ1) is 27.7. The van der Waals surface area contributed by atoms with Crippen molar-refractivity contribution in [1.29, 1.82) is 0 Å². The molecule has 0 aliphatic heterocycles. The van der Waals surface area contributed by atoms with Gasteiger partial charge in [0.25, 0.3) is 0 Å². The first-order valence-corrected chi connectivity index (χ1v) is 11.5. The Morgan fingerprint density at radius 2 is 1.52 bits per heavy atom. The number of aromatic hydroxyl groups is 2. The normalized spacial score (nSPS) is 9.70. The summed E-state index contributed by atoms with van der Waals surface area (Å²) < 4.78 is 10.6. The van der Waals surface area contributed by atoms with Crippen LogP contribution in [0, 0.1) is 0 Å². The van der Waals surface area contributed by atoms with Crippen molar-refractivity contribution in [3.63, 3.8) is 0 Å². The van der Waals surface area contributed by atoms with Crippen LogP contribution in [-0.4, -0.2) is 39.3 Å². The maximum absolute atomic E-state index is 9.92. The summed E-state index contributed by atoms with van der Waals surface area (Å²) in [7, 11) is 1.52. The fraction of sp³-hybridized carbons (Fsp3) is 0.423. The second kappa shape index (κ2) is 17.2. The number of benzene rings is 2. The Bertz CT molecular complexity index is 865. The third-order valence-electron chi connectivity index (χ3n) is 4.81. The number of hydrogen-bond donors (Lipinski definition) is 2. The predicted molar refractivity (Wildman–Crippen MR) is 131 cm³/mol. The first-order valence-electron chi connectivity index (χ1n) is 11.5. The van der Waals surface area contributed by atoms with Gasteiger partial charge in [0.05, 0.1) is 26.1 Å². The number of rotatable bonds is 9. The molecule has 0 aliphatic rings. The predicted octanol–water partition coefficient (Wildman–Crippen LogP) is 5.75. The lowest BCUT2D eigenvalue weighted by molar-refractivity contribution is 0.286. The van der Waals surface area contributed by atoms with Crippen molar-refractivity contribution >= 4 is 0 Å². The molecule has 3 rings (SSSR count). The topological polar surface area (TPSA) is 97.6 Å². The Morgan fingerprint density at radius 1 is 0.788 bits per heavy atom. The van der Waals surface area contributed by atoms with Crippen LogP contribution in [0.4, 0.5) is 0 Å². The van der Waals surface area contributed by atoms with Crippen LogP contribution in [0.25, 0.3) is 0 Å². The van der Waals surface area contributed by atoms with Crippen LogP contribution in [0.5, 0.6) is 23.0 Å². The Labute approximate surface area is 197 Å². The lowest BCUT2D eigenvalue weighted by atomic mass is 10.0. The van der Waals surface area contributed by atoms with Gasteiger partial charge in [-0.3, -0.25) is 0 Å². The van der Waals surface area contributed by atoms with E-state index in [1.165, 1.54) is 31.9 Å². The van der Waals surface area contributed by atoms with Gasteiger partial charge < -0.3 is 19.7 Å². The quantitative estimate of drug-likeness (QED) is 0.397. The van der Waals surface area contributed by atoms with Crippen molar-refractivity contribution in [3.05, 3.63) is 66.0 Å². The zero-order valence-corrected chi connectivity index (χ0v) is 20.2. The molecule has 0 spiro atoms. The molecular weight excluding hydrogens is 418 g/mol. The van der Waals surface area contributed by atoms with Gasteiger partial charge in [0.15, 0.2) is 23.0 Å². The van der Waals surface area contributed by atoms with Crippen LogP contribution in [0.15, 0.2) is 54.9 Å². The number of phenolic OH excluding ortho intramolecular Hbond substituents is 2. The maximum atomic E-state index is 9.92. The number of nitrogens with zero attached hydrogens (tertiary/aromatic N) is 3. The molecule has 7 heteroatoms. The Morgan fingerprint density at radius 3 is 2.00 bits per heavy atom. The minimum absolute atomic E-state index is 0.181. The van der Waals surface area contributed by atoms with Crippen LogP contribution >= 0.6 is 0 Å². The Balaban J connectivity index is 0.000000297. The number of phenols is 2. The van der Waals surface area contributed by atoms with Crippen LogP contribution in [-0.2, 0) is 12.8 Å². The summed E-state index contributed by atoms with van der Waals surface area (Å²) in [6.07, 6.45) is 9.79. The molecule has 2 aromatic carbocycles. The highest BCUT2D eigenvalue weighted by Gasteiger charge is 2.11. The van der Waals surface area contributed by atoms with Crippen LogP contribution in [0.3, 0.4) is 0 Å². The molecule has 33 heavy (non-hydrogen) atoms. The van der Waals surface area contributed by atoms with E-state index in [-0.39, 0.29) is 11.5 Å². The molecule has 2 N–H and O–H groups in total. The number of ether oxygens (including phenoxy) is 2. The summed E-state index contributed by atoms with van der Waals surface area (Å²) in [6.45, 7) is 7.15. The van der Waals surface area contributed by atoms with E-state index in [9.17, 15) is 5.11 Å². The molecule has 0 saturated carbocycles. The average molecular weight is 456 g/mol. The summed E-state index contributed by atoms with van der Waals surface area (Å²) in [4.78, 5) is 0. The minimum atomic E-state index is 0.181. The van der Waals surface area contributed by atoms with Gasteiger partial charge >= 0.3 is 0 Å². The number of methoxy groups -OCH3 is 1. The van der Waals surface area contributed by atoms with Gasteiger partial charge in [0.2, 0.25) is 0 Å². The zero-order valence-electron chi connectivity index (χ0n) is 20.2. The van der Waals surface area contributed by atoms with Gasteiger partial charge in [-0.15, -0.1) is 10.2 Å². The molecule has 0 amide bonds. The number of aryl methyl sites for hydroxylation is 1. The molecular formula is C26H37N3O4. The van der Waals surface area contributed by atoms with Crippen molar-refractivity contribution in [2.75, 3.05) is 13.7 Å². The third kappa shape index (κ3) is 10.7. The smallest absolute Gasteiger partial charge is 0.164 e. The molecule has 1 aromatic heterocycles. The molecule has 1 heterocycles. The second-order valence-corrected chi connectivity index (χ2v) is 7.15. The summed E-state index contributed by atoms with van der Waals surface area (Å²) in [5, 5.41) is 29.0. The van der Waals surface area contributed by atoms with Crippen molar-refractivity contribution in [1.82, 2.24) is 15.4 Å². The molecule has 0 unspecified atom stereocenters. The highest BCUT2D eigenvalue weighted by Crippen LogP contribution is 2.33. The van der Waals surface area contributed by atoms with Crippen molar-refractivity contribution in [2.45, 2.75) is 59.3 Å². The van der Waals surface area contributed by atoms with E-state index in [1.54, 1.807) is 48.8 Å². The Hall–Kier alpha value is -3.35. The molecule has 3 aromatic rings. The summed E-state index contributed by atoms with van der Waals surface area (Å²) in [5.41, 5.74) is 2.44. The summed E-state index contributed by atoms with van der Waals surface area (Å²) >= 11 is 0. The van der Waals surface area contributed by atoms with Gasteiger partial charge in [0, 0.05) is 5.56 Å². The SMILES string of the molecule is CCCCCCOc1c(O)ccc(CC)c1CC.COc1ccccc1O.c1cnnnc1. The van der Waals surface area contributed by atoms with Crippen molar-refractivity contribution in [3.8, 4) is 23.0 Å². The number of para-hydroxylation sites is 2. The number of hydrogen-bond acceptors (Lipinski definition) is 7. The fourth-order valence-electron chi connectivity index (χ4n) is 3.07. The summed E-state index contributed by atoms with van der Waals surface area (Å²) in [6, 6.07) is 12.3. The first-order chi connectivity index (χ1) is 16.1. The maximum Gasteiger partial charge on any atom is 0.164 e. The molecule has 7 nitrogen and oxygen atoms in total. The second-order valence-electron chi connectivity index (χ2n) is 7.15. The van der Waals surface area contributed by atoms with Crippen LogP contribution < -0.4 is 9.47 Å². The molecule has 0 aliphatic carbocycles. The highest BCUT2D eigenvalue weighted by atomic mass is 16.5. The lowest BCUT2D eigenvalue weighted by Crippen LogP contribution is -2.02. The fourth-order valence-corrected chi connectivity index (χ4v) is 3.07. The van der Waals surface area contributed by atoms with Crippen molar-refractivity contribution in [2.24, 2.45) is 0 Å². The molecule has 0 saturated heterocycles. The van der Waals surface area contributed by atoms with Gasteiger partial charge in [-0.05, 0) is 54.3 Å². The third-order valence-corrected chi connectivity index (χ3v) is 4.81. The zero-order chi connectivity index (χ0) is 24.3. The van der Waals surface area contributed by atoms with Crippen molar-refractivity contribution < 1.29 is 19.7 Å². The van der Waals surface area contributed by atoms with Gasteiger partial charge in [-0.1, -0.05) is 58.2 Å². The minimum Gasteiger partial charge on any atom is -0.504 e. The van der Waals surface area contributed by atoms with E-state index in [2.05, 4.69) is 36.2 Å². The number of aromatic nitrogens is 3. The van der Waals surface area contributed by atoms with E-state index in [0.29, 0.717) is 18.1 Å². The molecule has 0 atom stereocenters. The monoisotopic (exact) mass is 455 g/mol. The van der Waals surface area contributed by atoms with Gasteiger partial charge in [-0.2, -0.15) is 0 Å². The van der Waals surface area contributed by atoms with Gasteiger partial charge in [0.1, 0.15) is 0 Å². The molecule has 180 valence electrons. The van der Waals surface area contributed by atoms with Crippen LogP contribution in [0.1, 0.15) is 57.6 Å². The van der Waals surface area contributed by atoms with E-state index in [1.807, 2.05) is 6.07 Å². The Kier molecular flexibility index (Phi) is 14.5. The standard InChI is InChI=1S/C16H26O2.C7H8O2.C3H3N3/c1-4-7-8-9-12-18-16-14(6-3)13(5-2)10-11-15(16)17;1-9-7-5-3-2-4-6(7)8;1-2-4-6-5-3-1/h10-11,17H,4-9,12H2,1-3H3;2-5,8H,1H3;1-3H.